The molecule has 0 aliphatic heterocycles. The predicted molar refractivity (Wildman–Crippen MR) is 245 cm³/mol. The largest absolute Gasteiger partial charge is 0.252 e. The molecule has 0 spiro atoms. The maximum absolute atomic E-state index is 5.34. The third kappa shape index (κ3) is 8.34. The summed E-state index contributed by atoms with van der Waals surface area (Å²) in [5, 5.41) is 0. The van der Waals surface area contributed by atoms with E-state index in [1.54, 1.807) is 0 Å². The summed E-state index contributed by atoms with van der Waals surface area (Å²) in [6.07, 6.45) is 2.07. The third-order valence-corrected chi connectivity index (χ3v) is 10.4. The summed E-state index contributed by atoms with van der Waals surface area (Å²) < 4.78 is 0. The Bertz CT molecular complexity index is 2720. The molecule has 0 aliphatic rings. The van der Waals surface area contributed by atoms with Crippen molar-refractivity contribution in [2.24, 2.45) is 4.99 Å². The van der Waals surface area contributed by atoms with Crippen LogP contribution >= 0.6 is 0 Å². The second-order valence-corrected chi connectivity index (χ2v) is 14.2. The van der Waals surface area contributed by atoms with Gasteiger partial charge in [0.1, 0.15) is 0 Å². The fourth-order valence-corrected chi connectivity index (χ4v) is 7.33. The van der Waals surface area contributed by atoms with Crippen LogP contribution in [0.1, 0.15) is 23.6 Å². The van der Waals surface area contributed by atoms with Gasteiger partial charge in [0.2, 0.25) is 0 Å². The average molecular weight is 730 g/mol. The van der Waals surface area contributed by atoms with E-state index in [-0.39, 0.29) is 0 Å². The van der Waals surface area contributed by atoms with Gasteiger partial charge in [-0.25, -0.2) is 0 Å². The van der Waals surface area contributed by atoms with Gasteiger partial charge in [-0.2, -0.15) is 0 Å². The summed E-state index contributed by atoms with van der Waals surface area (Å²) in [5.74, 6) is 0. The molecular formula is C56H43N. The third-order valence-electron chi connectivity index (χ3n) is 10.4. The number of hydrogen-bond acceptors (Lipinski definition) is 1. The van der Waals surface area contributed by atoms with Crippen molar-refractivity contribution in [3.63, 3.8) is 0 Å². The van der Waals surface area contributed by atoms with Crippen molar-refractivity contribution in [2.45, 2.75) is 6.92 Å². The molecule has 0 N–H and O–H groups in total. The van der Waals surface area contributed by atoms with E-state index in [2.05, 4.69) is 226 Å². The second kappa shape index (κ2) is 17.0. The van der Waals surface area contributed by atoms with Gasteiger partial charge in [0.05, 0.1) is 5.70 Å². The first-order valence-electron chi connectivity index (χ1n) is 19.3. The van der Waals surface area contributed by atoms with Gasteiger partial charge in [0.15, 0.2) is 0 Å². The van der Waals surface area contributed by atoms with Gasteiger partial charge in [0, 0.05) is 16.8 Å². The Morgan fingerprint density at radius 2 is 0.877 bits per heavy atom. The first-order chi connectivity index (χ1) is 28.0. The summed E-state index contributed by atoms with van der Waals surface area (Å²) in [5.41, 5.74) is 18.1. The minimum absolute atomic E-state index is 0.796. The summed E-state index contributed by atoms with van der Waals surface area (Å²) >= 11 is 0. The SMILES string of the molecule is C=C(/C=C(/N=C(\C)c1ccccc1-c1ccccc1)c1ccc(-c2ccccc2)cc1)C(=C)c1cccc(-c2ccc(-c3ccccc3)cc2-c2ccccc2)c1. The van der Waals surface area contributed by atoms with Crippen LogP contribution in [0.5, 0.6) is 0 Å². The number of aliphatic imine (C=N–C) groups is 1. The number of benzene rings is 8. The fourth-order valence-electron chi connectivity index (χ4n) is 7.33. The molecule has 272 valence electrons. The molecule has 1 heteroatoms. The van der Waals surface area contributed by atoms with Crippen molar-refractivity contribution in [1.82, 2.24) is 0 Å². The molecule has 0 aromatic heterocycles. The van der Waals surface area contributed by atoms with Crippen LogP contribution in [-0.2, 0) is 0 Å². The lowest BCUT2D eigenvalue weighted by molar-refractivity contribution is 1.45. The molecule has 8 rings (SSSR count). The maximum Gasteiger partial charge on any atom is 0.0711 e. The summed E-state index contributed by atoms with van der Waals surface area (Å²) in [4.78, 5) is 5.34. The fraction of sp³-hybridized carbons (Fsp3) is 0.0179. The molecule has 0 atom stereocenters. The van der Waals surface area contributed by atoms with E-state index in [1.165, 1.54) is 27.8 Å². The van der Waals surface area contributed by atoms with Crippen molar-refractivity contribution in [3.05, 3.63) is 254 Å². The lowest BCUT2D eigenvalue weighted by Gasteiger charge is -2.15. The zero-order valence-corrected chi connectivity index (χ0v) is 32.1. The highest BCUT2D eigenvalue weighted by Gasteiger charge is 2.14. The summed E-state index contributed by atoms with van der Waals surface area (Å²) in [7, 11) is 0. The van der Waals surface area contributed by atoms with Crippen molar-refractivity contribution >= 4 is 17.0 Å². The monoisotopic (exact) mass is 729 g/mol. The van der Waals surface area contributed by atoms with Crippen molar-refractivity contribution < 1.29 is 0 Å². The van der Waals surface area contributed by atoms with Crippen molar-refractivity contribution in [1.29, 1.82) is 0 Å². The van der Waals surface area contributed by atoms with Crippen LogP contribution in [-0.4, -0.2) is 5.71 Å². The smallest absolute Gasteiger partial charge is 0.0711 e. The number of nitrogens with zero attached hydrogens (tertiary/aromatic N) is 1. The quantitative estimate of drug-likeness (QED) is 0.0928. The van der Waals surface area contributed by atoms with Crippen LogP contribution < -0.4 is 0 Å². The lowest BCUT2D eigenvalue weighted by atomic mass is 9.89. The van der Waals surface area contributed by atoms with Crippen LogP contribution in [0.4, 0.5) is 0 Å². The molecular weight excluding hydrogens is 687 g/mol. The van der Waals surface area contributed by atoms with Gasteiger partial charge < -0.3 is 0 Å². The molecule has 0 unspecified atom stereocenters. The summed E-state index contributed by atoms with van der Waals surface area (Å²) in [6, 6.07) is 74.6. The van der Waals surface area contributed by atoms with E-state index < -0.39 is 0 Å². The molecule has 57 heavy (non-hydrogen) atoms. The normalized spacial score (nSPS) is 11.6. The van der Waals surface area contributed by atoms with E-state index in [9.17, 15) is 0 Å². The Morgan fingerprint density at radius 1 is 0.386 bits per heavy atom. The van der Waals surface area contributed by atoms with Crippen LogP contribution in [0.3, 0.4) is 0 Å². The first kappa shape index (κ1) is 36.6. The Hall–Kier alpha value is -7.35. The molecule has 8 aromatic carbocycles. The van der Waals surface area contributed by atoms with Gasteiger partial charge in [-0.3, -0.25) is 4.99 Å². The zero-order chi connectivity index (χ0) is 39.0. The highest BCUT2D eigenvalue weighted by atomic mass is 14.8. The molecule has 8 aromatic rings. The van der Waals surface area contributed by atoms with E-state index in [4.69, 9.17) is 4.99 Å². The van der Waals surface area contributed by atoms with E-state index >= 15 is 0 Å². The Morgan fingerprint density at radius 3 is 1.51 bits per heavy atom. The predicted octanol–water partition coefficient (Wildman–Crippen LogP) is 15.1. The Kier molecular flexibility index (Phi) is 10.9. The highest BCUT2D eigenvalue weighted by Crippen LogP contribution is 2.38. The van der Waals surface area contributed by atoms with Crippen molar-refractivity contribution in [2.75, 3.05) is 0 Å². The van der Waals surface area contributed by atoms with Gasteiger partial charge in [0.25, 0.3) is 0 Å². The lowest BCUT2D eigenvalue weighted by Crippen LogP contribution is -1.99. The van der Waals surface area contributed by atoms with Gasteiger partial charge in [-0.05, 0) is 97.5 Å². The first-order valence-corrected chi connectivity index (χ1v) is 19.3. The molecule has 0 bridgehead atoms. The van der Waals surface area contributed by atoms with Crippen LogP contribution in [0.25, 0.3) is 66.9 Å². The van der Waals surface area contributed by atoms with Crippen LogP contribution in [0.2, 0.25) is 0 Å². The molecule has 0 amide bonds. The number of rotatable bonds is 11. The van der Waals surface area contributed by atoms with Crippen molar-refractivity contribution in [3.8, 4) is 55.6 Å². The Balaban J connectivity index is 1.17. The van der Waals surface area contributed by atoms with E-state index in [0.717, 1.165) is 67.1 Å². The standard InChI is InChI=1S/C56H43N/c1-40(41(2)49-27-18-28-51(38-49)54-36-35-50(44-21-10-5-11-22-44)39-55(54)47-25-14-7-15-26-47)37-56(48-33-31-45(32-34-48)43-19-8-4-9-20-43)57-42(3)52-29-16-17-30-53(52)46-23-12-6-13-24-46/h4-39H,1-2H2,3H3/b56-37+,57-42+. The average Bonchev–Trinajstić information content (AvgIpc) is 3.29. The molecule has 0 aliphatic carbocycles. The van der Waals surface area contributed by atoms with Crippen LogP contribution in [0, 0.1) is 0 Å². The van der Waals surface area contributed by atoms with E-state index in [1.807, 2.05) is 12.1 Å². The maximum atomic E-state index is 5.34. The minimum atomic E-state index is 0.796. The molecule has 0 radical (unpaired) electrons. The minimum Gasteiger partial charge on any atom is -0.252 e. The molecule has 1 nitrogen and oxygen atoms in total. The molecule has 0 saturated heterocycles. The van der Waals surface area contributed by atoms with E-state index in [0.29, 0.717) is 0 Å². The number of allylic oxidation sites excluding steroid dienone is 3. The Labute approximate surface area is 337 Å². The molecule has 0 fully saturated rings. The van der Waals surface area contributed by atoms with Gasteiger partial charge in [-0.15, -0.1) is 0 Å². The van der Waals surface area contributed by atoms with Gasteiger partial charge in [-0.1, -0.05) is 213 Å². The highest BCUT2D eigenvalue weighted by molar-refractivity contribution is 6.07. The van der Waals surface area contributed by atoms with Gasteiger partial charge >= 0.3 is 0 Å². The molecule has 0 saturated carbocycles. The zero-order valence-electron chi connectivity index (χ0n) is 32.1. The second-order valence-electron chi connectivity index (χ2n) is 14.2. The van der Waals surface area contributed by atoms with Crippen LogP contribution in [0.15, 0.2) is 242 Å². The topological polar surface area (TPSA) is 12.4 Å². The summed E-state index contributed by atoms with van der Waals surface area (Å²) in [6.45, 7) is 11.3. The molecule has 0 heterocycles. The number of hydrogen-bond donors (Lipinski definition) is 0.